The maximum absolute atomic E-state index is 3.70. The lowest BCUT2D eigenvalue weighted by molar-refractivity contribution is 0.144. The van der Waals surface area contributed by atoms with E-state index in [1.807, 2.05) is 0 Å². The Labute approximate surface area is 138 Å². The van der Waals surface area contributed by atoms with Crippen molar-refractivity contribution in [3.8, 4) is 0 Å². The van der Waals surface area contributed by atoms with Gasteiger partial charge in [0.15, 0.2) is 0 Å². The first-order valence-corrected chi connectivity index (χ1v) is 9.18. The molecule has 1 saturated heterocycles. The Hall–Kier alpha value is -0.380. The van der Waals surface area contributed by atoms with E-state index in [4.69, 9.17) is 0 Å². The van der Waals surface area contributed by atoms with Gasteiger partial charge in [-0.05, 0) is 56.4 Å². The molecule has 118 valence electrons. The van der Waals surface area contributed by atoms with Crippen LogP contribution in [0.25, 0.3) is 0 Å². The summed E-state index contributed by atoms with van der Waals surface area (Å²) in [5.41, 5.74) is 1.42. The highest BCUT2D eigenvalue weighted by Crippen LogP contribution is 2.22. The van der Waals surface area contributed by atoms with Crippen molar-refractivity contribution in [3.05, 3.63) is 34.3 Å². The molecule has 1 N–H and O–H groups in total. The van der Waals surface area contributed by atoms with Gasteiger partial charge in [0.2, 0.25) is 0 Å². The maximum Gasteiger partial charge on any atom is 0.0247 e. The Bertz CT molecular complexity index is 415. The highest BCUT2D eigenvalue weighted by Gasteiger charge is 2.21. The Morgan fingerprint density at radius 3 is 2.67 bits per heavy atom. The van der Waals surface area contributed by atoms with Crippen LogP contribution >= 0.6 is 15.9 Å². The van der Waals surface area contributed by atoms with E-state index in [-0.39, 0.29) is 0 Å². The number of piperidine rings is 1. The van der Waals surface area contributed by atoms with Gasteiger partial charge >= 0.3 is 0 Å². The molecule has 1 heterocycles. The molecule has 1 aliphatic heterocycles. The second-order valence-corrected chi connectivity index (χ2v) is 7.20. The maximum atomic E-state index is 3.70. The first kappa shape index (κ1) is 17.0. The number of benzene rings is 1. The highest BCUT2D eigenvalue weighted by molar-refractivity contribution is 9.10. The lowest BCUT2D eigenvalue weighted by Crippen LogP contribution is -2.43. The zero-order valence-corrected chi connectivity index (χ0v) is 15.0. The summed E-state index contributed by atoms with van der Waals surface area (Å²) in [7, 11) is 0. The zero-order valence-electron chi connectivity index (χ0n) is 13.4. The molecule has 2 rings (SSSR count). The van der Waals surface area contributed by atoms with Gasteiger partial charge in [-0.25, -0.2) is 0 Å². The van der Waals surface area contributed by atoms with Crippen LogP contribution in [-0.4, -0.2) is 30.6 Å². The molecule has 1 aromatic carbocycles. The van der Waals surface area contributed by atoms with Crippen LogP contribution in [-0.2, 0) is 6.54 Å². The molecule has 21 heavy (non-hydrogen) atoms. The van der Waals surface area contributed by atoms with Crippen molar-refractivity contribution in [1.29, 1.82) is 0 Å². The number of nitrogens with one attached hydrogen (secondary N) is 1. The summed E-state index contributed by atoms with van der Waals surface area (Å²) in [6, 6.07) is 9.39. The van der Waals surface area contributed by atoms with Gasteiger partial charge < -0.3 is 5.32 Å². The minimum absolute atomic E-state index is 0.738. The molecule has 1 aromatic rings. The second-order valence-electron chi connectivity index (χ2n) is 6.35. The molecule has 1 fully saturated rings. The quantitative estimate of drug-likeness (QED) is 0.780. The van der Waals surface area contributed by atoms with Gasteiger partial charge in [-0.3, -0.25) is 4.90 Å². The molecular formula is C18H29BrN2. The molecule has 3 heteroatoms. The van der Waals surface area contributed by atoms with E-state index in [0.29, 0.717) is 0 Å². The number of hydrogen-bond acceptors (Lipinski definition) is 2. The molecule has 0 spiro atoms. The fourth-order valence-electron chi connectivity index (χ4n) is 3.00. The second kappa shape index (κ2) is 8.92. The third-order valence-corrected chi connectivity index (χ3v) is 5.54. The number of hydrogen-bond donors (Lipinski definition) is 1. The molecule has 0 radical (unpaired) electrons. The van der Waals surface area contributed by atoms with Gasteiger partial charge in [-0.15, -0.1) is 0 Å². The Kier molecular flexibility index (Phi) is 7.21. The van der Waals surface area contributed by atoms with Crippen LogP contribution in [0.15, 0.2) is 28.7 Å². The van der Waals surface area contributed by atoms with Crippen LogP contribution in [0.1, 0.15) is 45.1 Å². The van der Waals surface area contributed by atoms with Crippen LogP contribution in [0, 0.1) is 5.92 Å². The Morgan fingerprint density at radius 1 is 1.29 bits per heavy atom. The fraction of sp³-hybridized carbons (Fsp3) is 0.667. The smallest absolute Gasteiger partial charge is 0.0247 e. The van der Waals surface area contributed by atoms with E-state index in [1.165, 1.54) is 55.4 Å². The van der Waals surface area contributed by atoms with Crippen LogP contribution in [0.5, 0.6) is 0 Å². The molecule has 0 bridgehead atoms. The molecule has 1 atom stereocenters. The van der Waals surface area contributed by atoms with Crippen molar-refractivity contribution in [2.24, 2.45) is 5.92 Å². The average molecular weight is 353 g/mol. The van der Waals surface area contributed by atoms with Crippen LogP contribution in [0.3, 0.4) is 0 Å². The van der Waals surface area contributed by atoms with Crippen molar-refractivity contribution < 1.29 is 0 Å². The zero-order chi connectivity index (χ0) is 15.1. The summed E-state index contributed by atoms with van der Waals surface area (Å²) in [5.74, 6) is 0.827. The molecule has 0 aliphatic carbocycles. The van der Waals surface area contributed by atoms with Gasteiger partial charge in [-0.2, -0.15) is 0 Å². The first-order chi connectivity index (χ1) is 10.2. The number of halogens is 1. The first-order valence-electron chi connectivity index (χ1n) is 8.39. The third kappa shape index (κ3) is 5.39. The predicted molar refractivity (Wildman–Crippen MR) is 94.5 cm³/mol. The predicted octanol–water partition coefficient (Wildman–Crippen LogP) is 4.44. The summed E-state index contributed by atoms with van der Waals surface area (Å²) in [6.45, 7) is 9.30. The molecular weight excluding hydrogens is 324 g/mol. The normalized spacial score (nSPS) is 18.1. The minimum atomic E-state index is 0.738. The van der Waals surface area contributed by atoms with Gasteiger partial charge in [0.25, 0.3) is 0 Å². The molecule has 0 saturated carbocycles. The highest BCUT2D eigenvalue weighted by atomic mass is 79.9. The van der Waals surface area contributed by atoms with Gasteiger partial charge in [0, 0.05) is 17.1 Å². The van der Waals surface area contributed by atoms with Crippen molar-refractivity contribution in [2.45, 2.75) is 52.1 Å². The average Bonchev–Trinajstić information content (AvgIpc) is 2.53. The van der Waals surface area contributed by atoms with E-state index in [1.54, 1.807) is 0 Å². The van der Waals surface area contributed by atoms with Crippen molar-refractivity contribution >= 4 is 15.9 Å². The Morgan fingerprint density at radius 2 is 2.00 bits per heavy atom. The van der Waals surface area contributed by atoms with Crippen molar-refractivity contribution in [3.63, 3.8) is 0 Å². The lowest BCUT2D eigenvalue weighted by atomic mass is 10.0. The summed E-state index contributed by atoms with van der Waals surface area (Å²) in [4.78, 5) is 2.72. The Balaban J connectivity index is 2.01. The summed E-state index contributed by atoms with van der Waals surface area (Å²) in [6.07, 6.45) is 5.16. The van der Waals surface area contributed by atoms with Gasteiger partial charge in [0.05, 0.1) is 0 Å². The molecule has 0 aromatic heterocycles. The monoisotopic (exact) mass is 352 g/mol. The summed E-state index contributed by atoms with van der Waals surface area (Å²) in [5, 5.41) is 3.48. The third-order valence-electron chi connectivity index (χ3n) is 4.76. The standard InChI is InChI=1S/C18H29BrN2/c1-3-15(2)10-13-21(17-8-11-20-12-9-17)14-16-6-4-5-7-18(16)19/h4-7,15,17,20H,3,8-14H2,1-2H3. The molecule has 2 nitrogen and oxygen atoms in total. The SMILES string of the molecule is CCC(C)CCN(Cc1ccccc1Br)C1CCNCC1. The van der Waals surface area contributed by atoms with E-state index in [9.17, 15) is 0 Å². The van der Waals surface area contributed by atoms with Crippen LogP contribution in [0.4, 0.5) is 0 Å². The summed E-state index contributed by atoms with van der Waals surface area (Å²) < 4.78 is 1.24. The van der Waals surface area contributed by atoms with Crippen LogP contribution in [0.2, 0.25) is 0 Å². The number of nitrogens with zero attached hydrogens (tertiary/aromatic N) is 1. The summed E-state index contributed by atoms with van der Waals surface area (Å²) >= 11 is 3.70. The minimum Gasteiger partial charge on any atom is -0.317 e. The van der Waals surface area contributed by atoms with Gasteiger partial charge in [0.1, 0.15) is 0 Å². The van der Waals surface area contributed by atoms with E-state index < -0.39 is 0 Å². The fourth-order valence-corrected chi connectivity index (χ4v) is 3.41. The molecule has 1 aliphatic rings. The number of rotatable bonds is 7. The van der Waals surface area contributed by atoms with E-state index in [2.05, 4.69) is 64.3 Å². The topological polar surface area (TPSA) is 15.3 Å². The lowest BCUT2D eigenvalue weighted by Gasteiger charge is -2.35. The molecule has 1 unspecified atom stereocenters. The van der Waals surface area contributed by atoms with Crippen molar-refractivity contribution in [2.75, 3.05) is 19.6 Å². The van der Waals surface area contributed by atoms with Crippen LogP contribution < -0.4 is 5.32 Å². The van der Waals surface area contributed by atoms with E-state index >= 15 is 0 Å². The van der Waals surface area contributed by atoms with E-state index in [0.717, 1.165) is 18.5 Å². The van der Waals surface area contributed by atoms with Gasteiger partial charge in [-0.1, -0.05) is 54.4 Å². The van der Waals surface area contributed by atoms with Crippen molar-refractivity contribution in [1.82, 2.24) is 10.2 Å². The molecule has 0 amide bonds. The largest absolute Gasteiger partial charge is 0.317 e.